The number of aryl methyl sites for hydroxylation is 1. The van der Waals surface area contributed by atoms with Crippen LogP contribution in [0.2, 0.25) is 5.02 Å². The van der Waals surface area contributed by atoms with Crippen molar-refractivity contribution in [1.29, 1.82) is 0 Å². The quantitative estimate of drug-likeness (QED) is 0.501. The molecule has 0 spiro atoms. The Morgan fingerprint density at radius 1 is 1.18 bits per heavy atom. The molecule has 2 aromatic rings. The maximum absolute atomic E-state index is 13.5. The van der Waals surface area contributed by atoms with Gasteiger partial charge in [-0.3, -0.25) is 13.9 Å². The first-order valence-corrected chi connectivity index (χ1v) is 13.1. The summed E-state index contributed by atoms with van der Waals surface area (Å²) >= 11 is 6.11. The number of carbonyl (C=O) groups is 2. The molecule has 0 bridgehead atoms. The smallest absolute Gasteiger partial charge is 0.244 e. The molecule has 1 N–H and O–H groups in total. The molecule has 8 nitrogen and oxygen atoms in total. The number of amides is 2. The molecule has 1 unspecified atom stereocenters. The van der Waals surface area contributed by atoms with Crippen molar-refractivity contribution < 1.29 is 22.7 Å². The predicted molar refractivity (Wildman–Crippen MR) is 135 cm³/mol. The molecule has 2 aromatic carbocycles. The van der Waals surface area contributed by atoms with E-state index in [9.17, 15) is 18.0 Å². The van der Waals surface area contributed by atoms with E-state index in [0.717, 1.165) is 28.1 Å². The number of halogens is 1. The van der Waals surface area contributed by atoms with Crippen LogP contribution in [0.3, 0.4) is 0 Å². The van der Waals surface area contributed by atoms with Crippen molar-refractivity contribution in [3.63, 3.8) is 0 Å². The largest absolute Gasteiger partial charge is 0.495 e. The minimum Gasteiger partial charge on any atom is -0.495 e. The zero-order valence-corrected chi connectivity index (χ0v) is 21.7. The molecule has 0 heterocycles. The van der Waals surface area contributed by atoms with E-state index >= 15 is 0 Å². The van der Waals surface area contributed by atoms with Crippen LogP contribution < -0.4 is 14.4 Å². The van der Waals surface area contributed by atoms with Crippen molar-refractivity contribution in [1.82, 2.24) is 10.2 Å². The van der Waals surface area contributed by atoms with Gasteiger partial charge in [0.1, 0.15) is 18.3 Å². The first-order chi connectivity index (χ1) is 16.0. The Morgan fingerprint density at radius 3 is 2.47 bits per heavy atom. The highest BCUT2D eigenvalue weighted by molar-refractivity contribution is 7.92. The maximum Gasteiger partial charge on any atom is 0.244 e. The summed E-state index contributed by atoms with van der Waals surface area (Å²) in [6, 6.07) is 11.2. The van der Waals surface area contributed by atoms with Crippen LogP contribution in [0.4, 0.5) is 5.69 Å². The SMILES string of the molecule is CCCNC(=O)C(C)N(Cc1cccc(Cl)c1)C(=O)CN(c1cc(C)ccc1OC)S(C)(=O)=O. The fourth-order valence-corrected chi connectivity index (χ4v) is 4.46. The van der Waals surface area contributed by atoms with Gasteiger partial charge in [-0.25, -0.2) is 8.42 Å². The third-order valence-electron chi connectivity index (χ3n) is 5.24. The van der Waals surface area contributed by atoms with Crippen LogP contribution in [0, 0.1) is 6.92 Å². The fraction of sp³-hybridized carbons (Fsp3) is 0.417. The number of nitrogens with zero attached hydrogens (tertiary/aromatic N) is 2. The minimum absolute atomic E-state index is 0.0860. The van der Waals surface area contributed by atoms with Crippen LogP contribution in [0.15, 0.2) is 42.5 Å². The van der Waals surface area contributed by atoms with Crippen LogP contribution in [0.5, 0.6) is 5.75 Å². The molecule has 0 saturated carbocycles. The number of hydrogen-bond acceptors (Lipinski definition) is 5. The number of nitrogens with one attached hydrogen (secondary N) is 1. The van der Waals surface area contributed by atoms with Gasteiger partial charge in [0, 0.05) is 18.1 Å². The third-order valence-corrected chi connectivity index (χ3v) is 6.60. The second kappa shape index (κ2) is 12.1. The Morgan fingerprint density at radius 2 is 1.88 bits per heavy atom. The summed E-state index contributed by atoms with van der Waals surface area (Å²) in [4.78, 5) is 27.6. The van der Waals surface area contributed by atoms with Gasteiger partial charge in [-0.15, -0.1) is 0 Å². The van der Waals surface area contributed by atoms with E-state index in [2.05, 4.69) is 5.32 Å². The van der Waals surface area contributed by atoms with E-state index < -0.39 is 28.5 Å². The van der Waals surface area contributed by atoms with E-state index in [1.807, 2.05) is 13.8 Å². The van der Waals surface area contributed by atoms with Crippen molar-refractivity contribution in [3.05, 3.63) is 58.6 Å². The lowest BCUT2D eigenvalue weighted by Crippen LogP contribution is -2.51. The van der Waals surface area contributed by atoms with Crippen molar-refractivity contribution in [2.45, 2.75) is 39.8 Å². The number of anilines is 1. The number of benzene rings is 2. The molecule has 0 fully saturated rings. The first kappa shape index (κ1) is 27.5. The van der Waals surface area contributed by atoms with Crippen LogP contribution in [0.25, 0.3) is 0 Å². The Hall–Kier alpha value is -2.78. The van der Waals surface area contributed by atoms with Gasteiger partial charge in [0.15, 0.2) is 0 Å². The first-order valence-electron chi connectivity index (χ1n) is 10.9. The van der Waals surface area contributed by atoms with E-state index in [1.54, 1.807) is 49.4 Å². The van der Waals surface area contributed by atoms with Gasteiger partial charge >= 0.3 is 0 Å². The van der Waals surface area contributed by atoms with Gasteiger partial charge in [0.05, 0.1) is 19.1 Å². The highest BCUT2D eigenvalue weighted by Crippen LogP contribution is 2.31. The van der Waals surface area contributed by atoms with Crippen LogP contribution >= 0.6 is 11.6 Å². The summed E-state index contributed by atoms with van der Waals surface area (Å²) in [5, 5.41) is 3.29. The Bertz CT molecular complexity index is 1120. The van der Waals surface area contributed by atoms with E-state index in [1.165, 1.54) is 12.0 Å². The average Bonchev–Trinajstić information content (AvgIpc) is 2.78. The molecule has 34 heavy (non-hydrogen) atoms. The summed E-state index contributed by atoms with van der Waals surface area (Å²) in [6.07, 6.45) is 1.77. The van der Waals surface area contributed by atoms with Crippen molar-refractivity contribution in [2.24, 2.45) is 0 Å². The Labute approximate surface area is 206 Å². The molecule has 10 heteroatoms. The number of sulfonamides is 1. The van der Waals surface area contributed by atoms with Crippen molar-refractivity contribution in [2.75, 3.05) is 30.8 Å². The molecule has 2 amide bonds. The molecule has 2 rings (SSSR count). The van der Waals surface area contributed by atoms with E-state index in [4.69, 9.17) is 16.3 Å². The molecule has 186 valence electrons. The highest BCUT2D eigenvalue weighted by Gasteiger charge is 2.31. The zero-order valence-electron chi connectivity index (χ0n) is 20.2. The van der Waals surface area contributed by atoms with Crippen molar-refractivity contribution >= 4 is 39.1 Å². The zero-order chi connectivity index (χ0) is 25.5. The number of methoxy groups -OCH3 is 1. The van der Waals surface area contributed by atoms with Crippen LogP contribution in [-0.2, 0) is 26.2 Å². The normalized spacial score (nSPS) is 12.1. The summed E-state index contributed by atoms with van der Waals surface area (Å²) in [5.74, 6) is -0.539. The monoisotopic (exact) mass is 509 g/mol. The second-order valence-corrected chi connectivity index (χ2v) is 10.4. The van der Waals surface area contributed by atoms with Gasteiger partial charge < -0.3 is 15.0 Å². The molecule has 0 aliphatic rings. The topological polar surface area (TPSA) is 96.0 Å². The molecule has 0 aromatic heterocycles. The molecule has 0 aliphatic heterocycles. The standard InChI is InChI=1S/C24H32ClN3O5S/c1-6-12-26-24(30)18(3)27(15-19-8-7-9-20(25)14-19)23(29)16-28(34(5,31)32)21-13-17(2)10-11-22(21)33-4/h7-11,13-14,18H,6,12,15-16H2,1-5H3,(H,26,30). The van der Waals surface area contributed by atoms with E-state index in [0.29, 0.717) is 17.3 Å². The van der Waals surface area contributed by atoms with Gasteiger partial charge in [0.25, 0.3) is 0 Å². The lowest BCUT2D eigenvalue weighted by molar-refractivity contribution is -0.139. The number of rotatable bonds is 11. The predicted octanol–water partition coefficient (Wildman–Crippen LogP) is 3.37. The average molecular weight is 510 g/mol. The molecule has 1 atom stereocenters. The van der Waals surface area contributed by atoms with Crippen LogP contribution in [0.1, 0.15) is 31.4 Å². The summed E-state index contributed by atoms with van der Waals surface area (Å²) < 4.78 is 31.8. The van der Waals surface area contributed by atoms with Crippen molar-refractivity contribution in [3.8, 4) is 5.75 Å². The van der Waals surface area contributed by atoms with Gasteiger partial charge in [-0.05, 0) is 55.7 Å². The van der Waals surface area contributed by atoms with Gasteiger partial charge in [-0.2, -0.15) is 0 Å². The fourth-order valence-electron chi connectivity index (χ4n) is 3.40. The number of hydrogen-bond donors (Lipinski definition) is 1. The minimum atomic E-state index is -3.85. The third kappa shape index (κ3) is 7.36. The van der Waals surface area contributed by atoms with Gasteiger partial charge in [0.2, 0.25) is 21.8 Å². The Kier molecular flexibility index (Phi) is 9.76. The lowest BCUT2D eigenvalue weighted by atomic mass is 10.1. The summed E-state index contributed by atoms with van der Waals surface area (Å²) in [7, 11) is -2.42. The molecular weight excluding hydrogens is 478 g/mol. The second-order valence-electron chi connectivity index (χ2n) is 8.06. The van der Waals surface area contributed by atoms with E-state index in [-0.39, 0.29) is 18.1 Å². The number of ether oxygens (including phenoxy) is 1. The van der Waals surface area contributed by atoms with Gasteiger partial charge in [-0.1, -0.05) is 36.7 Å². The number of carbonyl (C=O) groups excluding carboxylic acids is 2. The summed E-state index contributed by atoms with van der Waals surface area (Å²) in [6.45, 7) is 5.42. The molecule has 0 saturated heterocycles. The molecular formula is C24H32ClN3O5S. The van der Waals surface area contributed by atoms with Crippen LogP contribution in [-0.4, -0.2) is 57.6 Å². The molecule has 0 aliphatic carbocycles. The Balaban J connectivity index is 2.45. The summed E-state index contributed by atoms with van der Waals surface area (Å²) in [5.41, 5.74) is 1.78. The molecule has 0 radical (unpaired) electrons. The maximum atomic E-state index is 13.5. The highest BCUT2D eigenvalue weighted by atomic mass is 35.5. The lowest BCUT2D eigenvalue weighted by Gasteiger charge is -2.32.